The summed E-state index contributed by atoms with van der Waals surface area (Å²) in [6.45, 7) is 4.14. The van der Waals surface area contributed by atoms with Crippen LogP contribution in [0.1, 0.15) is 58.8 Å². The number of aliphatic carboxylic acids is 1. The monoisotopic (exact) mass is 518 g/mol. The van der Waals surface area contributed by atoms with E-state index < -0.39 is 53.8 Å². The standard InChI is InChI=1S/C22H42N6O6S/c1-13(2)12-17(22(33)34)28-21(32)16(9-11-35-3)27-20(31)15(7-8-18(25)29)26-19(30)14(24)6-4-5-10-23/h13-17H,4-12,23-24H2,1-3H3,(H2,25,29)(H,26,30)(H,27,31)(H,28,32)(H,33,34). The van der Waals surface area contributed by atoms with Crippen LogP contribution in [-0.4, -0.2) is 77.4 Å². The Morgan fingerprint density at radius 1 is 0.857 bits per heavy atom. The van der Waals surface area contributed by atoms with Gasteiger partial charge in [-0.25, -0.2) is 4.79 Å². The predicted octanol–water partition coefficient (Wildman–Crippen LogP) is -0.954. The second-order valence-corrected chi connectivity index (χ2v) is 9.81. The molecule has 4 unspecified atom stereocenters. The molecule has 12 nitrogen and oxygen atoms in total. The molecule has 0 fully saturated rings. The third-order valence-corrected chi connectivity index (χ3v) is 5.83. The Hall–Kier alpha value is -2.38. The van der Waals surface area contributed by atoms with E-state index in [-0.39, 0.29) is 31.6 Å². The average Bonchev–Trinajstić information content (AvgIpc) is 2.77. The molecule has 13 heteroatoms. The molecule has 0 aromatic rings. The summed E-state index contributed by atoms with van der Waals surface area (Å²) in [5.74, 6) is -3.18. The zero-order valence-corrected chi connectivity index (χ0v) is 21.7. The summed E-state index contributed by atoms with van der Waals surface area (Å²) in [5.41, 5.74) is 16.6. The fourth-order valence-corrected chi connectivity index (χ4v) is 3.69. The van der Waals surface area contributed by atoms with Gasteiger partial charge in [-0.15, -0.1) is 0 Å². The third kappa shape index (κ3) is 14.6. The molecule has 10 N–H and O–H groups in total. The number of unbranched alkanes of at least 4 members (excludes halogenated alkanes) is 1. The van der Waals surface area contributed by atoms with E-state index in [4.69, 9.17) is 17.2 Å². The van der Waals surface area contributed by atoms with Gasteiger partial charge in [0.2, 0.25) is 23.6 Å². The highest BCUT2D eigenvalue weighted by Gasteiger charge is 2.30. The summed E-state index contributed by atoms with van der Waals surface area (Å²) in [6, 6.07) is -4.15. The summed E-state index contributed by atoms with van der Waals surface area (Å²) in [6.07, 6.45) is 3.76. The number of carbonyl (C=O) groups excluding carboxylic acids is 4. The lowest BCUT2D eigenvalue weighted by molar-refractivity contribution is -0.142. The maximum Gasteiger partial charge on any atom is 0.326 e. The summed E-state index contributed by atoms with van der Waals surface area (Å²) >= 11 is 1.45. The first-order valence-electron chi connectivity index (χ1n) is 11.8. The topological polar surface area (TPSA) is 220 Å². The number of amides is 4. The van der Waals surface area contributed by atoms with Crippen LogP contribution in [-0.2, 0) is 24.0 Å². The van der Waals surface area contributed by atoms with Crippen LogP contribution < -0.4 is 33.2 Å². The van der Waals surface area contributed by atoms with Gasteiger partial charge in [0.25, 0.3) is 0 Å². The zero-order valence-electron chi connectivity index (χ0n) is 20.9. The third-order valence-electron chi connectivity index (χ3n) is 5.18. The molecule has 0 aromatic carbocycles. The number of thioether (sulfide) groups is 1. The molecule has 0 saturated heterocycles. The van der Waals surface area contributed by atoms with Crippen molar-refractivity contribution >= 4 is 41.4 Å². The average molecular weight is 519 g/mol. The first-order chi connectivity index (χ1) is 16.4. The largest absolute Gasteiger partial charge is 0.480 e. The van der Waals surface area contributed by atoms with E-state index in [1.165, 1.54) is 11.8 Å². The quantitative estimate of drug-likeness (QED) is 0.105. The van der Waals surface area contributed by atoms with Gasteiger partial charge in [-0.1, -0.05) is 20.3 Å². The highest BCUT2D eigenvalue weighted by atomic mass is 32.2. The van der Waals surface area contributed by atoms with E-state index in [1.54, 1.807) is 0 Å². The SMILES string of the molecule is CSCCC(NC(=O)C(CCC(N)=O)NC(=O)C(N)CCCCN)C(=O)NC(CC(C)C)C(=O)O. The van der Waals surface area contributed by atoms with Crippen LogP contribution >= 0.6 is 11.8 Å². The van der Waals surface area contributed by atoms with Gasteiger partial charge in [0.1, 0.15) is 18.1 Å². The Bertz CT molecular complexity index is 708. The maximum atomic E-state index is 13.0. The van der Waals surface area contributed by atoms with Crippen LogP contribution in [0.25, 0.3) is 0 Å². The van der Waals surface area contributed by atoms with Crippen molar-refractivity contribution in [2.75, 3.05) is 18.6 Å². The lowest BCUT2D eigenvalue weighted by Gasteiger charge is -2.25. The van der Waals surface area contributed by atoms with Crippen molar-refractivity contribution in [1.82, 2.24) is 16.0 Å². The van der Waals surface area contributed by atoms with E-state index in [0.29, 0.717) is 31.6 Å². The van der Waals surface area contributed by atoms with E-state index in [0.717, 1.165) is 0 Å². The number of carbonyl (C=O) groups is 5. The fourth-order valence-electron chi connectivity index (χ4n) is 3.22. The normalized spacial score (nSPS) is 14.5. The first-order valence-corrected chi connectivity index (χ1v) is 13.2. The van der Waals surface area contributed by atoms with Crippen LogP contribution in [0.5, 0.6) is 0 Å². The minimum Gasteiger partial charge on any atom is -0.480 e. The highest BCUT2D eigenvalue weighted by Crippen LogP contribution is 2.08. The van der Waals surface area contributed by atoms with Gasteiger partial charge in [0.05, 0.1) is 6.04 Å². The van der Waals surface area contributed by atoms with Gasteiger partial charge in [-0.2, -0.15) is 11.8 Å². The second-order valence-electron chi connectivity index (χ2n) is 8.83. The Labute approximate surface area is 211 Å². The number of carboxylic acid groups (broad SMARTS) is 1. The van der Waals surface area contributed by atoms with Crippen molar-refractivity contribution in [3.05, 3.63) is 0 Å². The Kier molecular flexibility index (Phi) is 16.7. The molecule has 0 radical (unpaired) electrons. The van der Waals surface area contributed by atoms with Gasteiger partial charge < -0.3 is 38.3 Å². The lowest BCUT2D eigenvalue weighted by Crippen LogP contribution is -2.57. The second kappa shape index (κ2) is 18.0. The van der Waals surface area contributed by atoms with Gasteiger partial charge in [0, 0.05) is 6.42 Å². The minimum atomic E-state index is -1.17. The molecule has 0 saturated carbocycles. The lowest BCUT2D eigenvalue weighted by atomic mass is 10.0. The van der Waals surface area contributed by atoms with Gasteiger partial charge in [-0.3, -0.25) is 19.2 Å². The molecule has 0 aliphatic carbocycles. The van der Waals surface area contributed by atoms with Gasteiger partial charge in [0.15, 0.2) is 0 Å². The molecule has 202 valence electrons. The molecule has 0 rings (SSSR count). The number of rotatable bonds is 19. The molecular weight excluding hydrogens is 476 g/mol. The minimum absolute atomic E-state index is 0.0260. The molecule has 0 bridgehead atoms. The summed E-state index contributed by atoms with van der Waals surface area (Å²) in [7, 11) is 0. The van der Waals surface area contributed by atoms with Crippen molar-refractivity contribution in [2.45, 2.75) is 83.0 Å². The van der Waals surface area contributed by atoms with Crippen LogP contribution in [0, 0.1) is 5.92 Å². The van der Waals surface area contributed by atoms with Crippen LogP contribution in [0.2, 0.25) is 0 Å². The van der Waals surface area contributed by atoms with E-state index in [2.05, 4.69) is 16.0 Å². The van der Waals surface area contributed by atoms with E-state index in [1.807, 2.05) is 20.1 Å². The molecule has 0 spiro atoms. The molecule has 0 aromatic heterocycles. The molecule has 0 heterocycles. The van der Waals surface area contributed by atoms with Crippen molar-refractivity contribution in [3.8, 4) is 0 Å². The number of nitrogens with two attached hydrogens (primary N) is 3. The molecule has 4 amide bonds. The van der Waals surface area contributed by atoms with E-state index >= 15 is 0 Å². The number of primary amides is 1. The molecule has 35 heavy (non-hydrogen) atoms. The smallest absolute Gasteiger partial charge is 0.326 e. The first kappa shape index (κ1) is 32.6. The summed E-state index contributed by atoms with van der Waals surface area (Å²) in [5, 5.41) is 17.0. The van der Waals surface area contributed by atoms with Crippen molar-refractivity contribution in [1.29, 1.82) is 0 Å². The van der Waals surface area contributed by atoms with Crippen molar-refractivity contribution in [3.63, 3.8) is 0 Å². The summed E-state index contributed by atoms with van der Waals surface area (Å²) < 4.78 is 0. The van der Waals surface area contributed by atoms with Crippen molar-refractivity contribution in [2.24, 2.45) is 23.1 Å². The van der Waals surface area contributed by atoms with Crippen LogP contribution in [0.3, 0.4) is 0 Å². The molecule has 0 aliphatic heterocycles. The van der Waals surface area contributed by atoms with E-state index in [9.17, 15) is 29.1 Å². The Morgan fingerprint density at radius 2 is 1.40 bits per heavy atom. The highest BCUT2D eigenvalue weighted by molar-refractivity contribution is 7.98. The van der Waals surface area contributed by atoms with Gasteiger partial charge in [-0.05, 0) is 56.6 Å². The maximum absolute atomic E-state index is 13.0. The number of carboxylic acids is 1. The van der Waals surface area contributed by atoms with Crippen LogP contribution in [0.15, 0.2) is 0 Å². The fraction of sp³-hybridized carbons (Fsp3) is 0.773. The zero-order chi connectivity index (χ0) is 27.0. The predicted molar refractivity (Wildman–Crippen MR) is 135 cm³/mol. The van der Waals surface area contributed by atoms with Gasteiger partial charge >= 0.3 is 5.97 Å². The number of hydrogen-bond donors (Lipinski definition) is 7. The Balaban J connectivity index is 5.45. The molecule has 4 atom stereocenters. The molecule has 0 aliphatic rings. The molecular formula is C22H42N6O6S. The number of nitrogens with one attached hydrogen (secondary N) is 3. The Morgan fingerprint density at radius 3 is 1.89 bits per heavy atom. The summed E-state index contributed by atoms with van der Waals surface area (Å²) in [4.78, 5) is 61.2. The van der Waals surface area contributed by atoms with Crippen LogP contribution in [0.4, 0.5) is 0 Å². The van der Waals surface area contributed by atoms with Crippen molar-refractivity contribution < 1.29 is 29.1 Å². The number of hydrogen-bond acceptors (Lipinski definition) is 8.